The topological polar surface area (TPSA) is 39.3 Å². The van der Waals surface area contributed by atoms with Crippen LogP contribution in [0.3, 0.4) is 0 Å². The number of pyridine rings is 1. The second kappa shape index (κ2) is 2.98. The Labute approximate surface area is 93.0 Å². The summed E-state index contributed by atoms with van der Waals surface area (Å²) in [4.78, 5) is 3.21. The summed E-state index contributed by atoms with van der Waals surface area (Å²) in [5.74, 6) is 0.306. The van der Waals surface area contributed by atoms with Crippen LogP contribution in [-0.4, -0.2) is 9.67 Å². The number of phenols is 1. The predicted octanol–water partition coefficient (Wildman–Crippen LogP) is 2.16. The van der Waals surface area contributed by atoms with Crippen molar-refractivity contribution in [2.45, 2.75) is 6.92 Å². The minimum atomic E-state index is 0.306. The Hall–Kier alpha value is -2.03. The van der Waals surface area contributed by atoms with E-state index < -0.39 is 0 Å². The Bertz CT molecular complexity index is 698. The number of hydrogen-bond donors (Lipinski definition) is 1. The molecule has 3 heteroatoms. The standard InChI is InChI=1S/C13H12N2O/c1-8-13-11(5-6-14-8)10-4-3-9(16)7-12(10)15(13)2/h3-7,16H,1-2H3/p+1. The van der Waals surface area contributed by atoms with Crippen LogP contribution in [0.2, 0.25) is 0 Å². The third-order valence-electron chi connectivity index (χ3n) is 3.13. The number of aryl methyl sites for hydroxylation is 2. The van der Waals surface area contributed by atoms with E-state index in [-0.39, 0.29) is 0 Å². The third-order valence-corrected chi connectivity index (χ3v) is 3.13. The number of H-pyrrole nitrogens is 1. The molecule has 2 heterocycles. The zero-order valence-corrected chi connectivity index (χ0v) is 9.28. The van der Waals surface area contributed by atoms with Crippen molar-refractivity contribution in [2.24, 2.45) is 7.05 Å². The third kappa shape index (κ3) is 1.05. The van der Waals surface area contributed by atoms with Crippen LogP contribution in [0.15, 0.2) is 30.5 Å². The molecular formula is C13H13N2O+. The molecule has 0 aliphatic rings. The summed E-state index contributed by atoms with van der Waals surface area (Å²) in [7, 11) is 2.02. The number of fused-ring (bicyclic) bond motifs is 3. The van der Waals surface area contributed by atoms with Crippen LogP contribution in [-0.2, 0) is 7.05 Å². The van der Waals surface area contributed by atoms with E-state index >= 15 is 0 Å². The minimum absolute atomic E-state index is 0.306. The molecule has 0 saturated heterocycles. The van der Waals surface area contributed by atoms with Gasteiger partial charge in [0.25, 0.3) is 0 Å². The van der Waals surface area contributed by atoms with Gasteiger partial charge in [0, 0.05) is 36.9 Å². The normalized spacial score (nSPS) is 11.4. The quantitative estimate of drug-likeness (QED) is 0.610. The molecule has 0 bridgehead atoms. The van der Waals surface area contributed by atoms with Crippen molar-refractivity contribution >= 4 is 21.8 Å². The van der Waals surface area contributed by atoms with E-state index in [4.69, 9.17) is 0 Å². The number of aromatic nitrogens is 2. The summed E-state index contributed by atoms with van der Waals surface area (Å²) in [6.07, 6.45) is 1.95. The molecule has 0 atom stereocenters. The molecule has 0 aliphatic carbocycles. The van der Waals surface area contributed by atoms with Gasteiger partial charge in [0.15, 0.2) is 6.20 Å². The lowest BCUT2D eigenvalue weighted by atomic mass is 10.1. The van der Waals surface area contributed by atoms with Gasteiger partial charge in [-0.2, -0.15) is 0 Å². The largest absolute Gasteiger partial charge is 0.508 e. The first-order valence-corrected chi connectivity index (χ1v) is 5.27. The molecular weight excluding hydrogens is 200 g/mol. The average molecular weight is 213 g/mol. The molecule has 3 rings (SSSR count). The predicted molar refractivity (Wildman–Crippen MR) is 63.4 cm³/mol. The number of aromatic hydroxyl groups is 1. The van der Waals surface area contributed by atoms with Gasteiger partial charge in [-0.15, -0.1) is 0 Å². The summed E-state index contributed by atoms with van der Waals surface area (Å²) < 4.78 is 2.11. The number of nitrogens with one attached hydrogen (secondary N) is 1. The highest BCUT2D eigenvalue weighted by atomic mass is 16.3. The van der Waals surface area contributed by atoms with Crippen molar-refractivity contribution in [1.82, 2.24) is 4.57 Å². The van der Waals surface area contributed by atoms with Crippen molar-refractivity contribution in [3.63, 3.8) is 0 Å². The zero-order valence-electron chi connectivity index (χ0n) is 9.28. The Morgan fingerprint density at radius 2 is 2.00 bits per heavy atom. The Balaban J connectivity index is 2.64. The van der Waals surface area contributed by atoms with Crippen LogP contribution in [0.5, 0.6) is 5.75 Å². The lowest BCUT2D eigenvalue weighted by molar-refractivity contribution is -0.385. The van der Waals surface area contributed by atoms with Crippen LogP contribution in [0, 0.1) is 6.92 Å². The maximum Gasteiger partial charge on any atom is 0.201 e. The first-order chi connectivity index (χ1) is 7.68. The average Bonchev–Trinajstić information content (AvgIpc) is 2.54. The molecule has 2 aromatic heterocycles. The minimum Gasteiger partial charge on any atom is -0.508 e. The fourth-order valence-electron chi connectivity index (χ4n) is 2.39. The summed E-state index contributed by atoms with van der Waals surface area (Å²) >= 11 is 0. The highest BCUT2D eigenvalue weighted by Crippen LogP contribution is 2.30. The molecule has 3 aromatic rings. The molecule has 0 spiro atoms. The van der Waals surface area contributed by atoms with E-state index in [1.807, 2.05) is 19.3 Å². The fourth-order valence-corrected chi connectivity index (χ4v) is 2.39. The number of rotatable bonds is 0. The maximum atomic E-state index is 9.53. The van der Waals surface area contributed by atoms with Gasteiger partial charge < -0.3 is 9.67 Å². The van der Waals surface area contributed by atoms with Crippen molar-refractivity contribution in [3.05, 3.63) is 36.2 Å². The van der Waals surface area contributed by atoms with Crippen LogP contribution in [0.25, 0.3) is 21.8 Å². The van der Waals surface area contributed by atoms with Gasteiger partial charge in [0.05, 0.1) is 5.52 Å². The van der Waals surface area contributed by atoms with E-state index in [9.17, 15) is 5.11 Å². The fraction of sp³-hybridized carbons (Fsp3) is 0.154. The molecule has 1 aromatic carbocycles. The molecule has 0 radical (unpaired) electrons. The highest BCUT2D eigenvalue weighted by Gasteiger charge is 2.13. The molecule has 0 amide bonds. The molecule has 0 aliphatic heterocycles. The van der Waals surface area contributed by atoms with E-state index in [1.54, 1.807) is 12.1 Å². The lowest BCUT2D eigenvalue weighted by Crippen LogP contribution is -2.07. The number of aromatic amines is 1. The molecule has 80 valence electrons. The zero-order chi connectivity index (χ0) is 11.3. The van der Waals surface area contributed by atoms with Crippen LogP contribution >= 0.6 is 0 Å². The number of hydrogen-bond acceptors (Lipinski definition) is 1. The lowest BCUT2D eigenvalue weighted by Gasteiger charge is -1.97. The van der Waals surface area contributed by atoms with Crippen LogP contribution < -0.4 is 4.98 Å². The van der Waals surface area contributed by atoms with Crippen LogP contribution in [0.1, 0.15) is 5.69 Å². The summed E-state index contributed by atoms with van der Waals surface area (Å²) in [5, 5.41) is 11.9. The van der Waals surface area contributed by atoms with Crippen LogP contribution in [0.4, 0.5) is 0 Å². The molecule has 2 N–H and O–H groups in total. The van der Waals surface area contributed by atoms with E-state index in [2.05, 4.69) is 22.5 Å². The summed E-state index contributed by atoms with van der Waals surface area (Å²) in [6, 6.07) is 7.57. The van der Waals surface area contributed by atoms with E-state index in [0.29, 0.717) is 5.75 Å². The smallest absolute Gasteiger partial charge is 0.201 e. The molecule has 0 saturated carbocycles. The van der Waals surface area contributed by atoms with Crippen molar-refractivity contribution in [2.75, 3.05) is 0 Å². The number of phenolic OH excluding ortho intramolecular Hbond substituents is 1. The van der Waals surface area contributed by atoms with Crippen molar-refractivity contribution in [1.29, 1.82) is 0 Å². The second-order valence-electron chi connectivity index (χ2n) is 4.13. The summed E-state index contributed by atoms with van der Waals surface area (Å²) in [6.45, 7) is 2.06. The van der Waals surface area contributed by atoms with Gasteiger partial charge in [-0.3, -0.25) is 0 Å². The van der Waals surface area contributed by atoms with Gasteiger partial charge in [0.2, 0.25) is 5.69 Å². The first-order valence-electron chi connectivity index (χ1n) is 5.27. The van der Waals surface area contributed by atoms with Gasteiger partial charge in [-0.25, -0.2) is 4.98 Å². The van der Waals surface area contributed by atoms with Crippen molar-refractivity contribution < 1.29 is 10.1 Å². The maximum absolute atomic E-state index is 9.53. The first kappa shape index (κ1) is 9.21. The molecule has 3 nitrogen and oxygen atoms in total. The molecule has 0 unspecified atom stereocenters. The van der Waals surface area contributed by atoms with E-state index in [0.717, 1.165) is 11.2 Å². The molecule has 0 fully saturated rings. The number of benzene rings is 1. The SMILES string of the molecule is Cc1[nH+]ccc2c3ccc(O)cc3n(C)c12. The van der Waals surface area contributed by atoms with Gasteiger partial charge >= 0.3 is 0 Å². The monoisotopic (exact) mass is 213 g/mol. The van der Waals surface area contributed by atoms with Gasteiger partial charge in [-0.1, -0.05) is 0 Å². The summed E-state index contributed by atoms with van der Waals surface area (Å²) in [5.41, 5.74) is 3.37. The Morgan fingerprint density at radius 3 is 2.81 bits per heavy atom. The van der Waals surface area contributed by atoms with Crippen molar-refractivity contribution in [3.8, 4) is 5.75 Å². The van der Waals surface area contributed by atoms with Gasteiger partial charge in [-0.05, 0) is 12.1 Å². The Morgan fingerprint density at radius 1 is 1.19 bits per heavy atom. The highest BCUT2D eigenvalue weighted by molar-refractivity contribution is 6.08. The number of nitrogens with zero attached hydrogens (tertiary/aromatic N) is 1. The second-order valence-corrected chi connectivity index (χ2v) is 4.13. The van der Waals surface area contributed by atoms with E-state index in [1.165, 1.54) is 16.3 Å². The molecule has 16 heavy (non-hydrogen) atoms. The Kier molecular flexibility index (Phi) is 1.72. The van der Waals surface area contributed by atoms with Gasteiger partial charge in [0.1, 0.15) is 11.3 Å².